The van der Waals surface area contributed by atoms with Crippen molar-refractivity contribution in [3.8, 4) is 0 Å². The van der Waals surface area contributed by atoms with Crippen LogP contribution in [0.15, 0.2) is 35.1 Å². The maximum absolute atomic E-state index is 12.7. The van der Waals surface area contributed by atoms with E-state index in [-0.39, 0.29) is 29.5 Å². The van der Waals surface area contributed by atoms with Crippen molar-refractivity contribution in [3.05, 3.63) is 46.4 Å². The van der Waals surface area contributed by atoms with Crippen LogP contribution in [0.4, 0.5) is 0 Å². The summed E-state index contributed by atoms with van der Waals surface area (Å²) in [6, 6.07) is 8.87. The lowest BCUT2D eigenvalue weighted by Gasteiger charge is -2.32. The van der Waals surface area contributed by atoms with Gasteiger partial charge in [0.25, 0.3) is 11.5 Å². The smallest absolute Gasteiger partial charge is 0.303 e. The van der Waals surface area contributed by atoms with Crippen molar-refractivity contribution >= 4 is 22.6 Å². The summed E-state index contributed by atoms with van der Waals surface area (Å²) in [6.45, 7) is 1.18. The Morgan fingerprint density at radius 1 is 1.29 bits per heavy atom. The van der Waals surface area contributed by atoms with Crippen LogP contribution >= 0.6 is 0 Å². The first-order valence-corrected chi connectivity index (χ1v) is 8.18. The number of carbonyl (C=O) groups is 2. The molecule has 0 bridgehead atoms. The summed E-state index contributed by atoms with van der Waals surface area (Å²) in [5, 5.41) is 10.1. The molecule has 24 heavy (non-hydrogen) atoms. The molecule has 1 aromatic carbocycles. The van der Waals surface area contributed by atoms with Gasteiger partial charge in [0, 0.05) is 24.9 Å². The highest BCUT2D eigenvalue weighted by Gasteiger charge is 2.25. The highest BCUT2D eigenvalue weighted by atomic mass is 16.4. The quantitative estimate of drug-likeness (QED) is 0.900. The highest BCUT2D eigenvalue weighted by Crippen LogP contribution is 2.22. The van der Waals surface area contributed by atoms with E-state index in [0.717, 1.165) is 18.2 Å². The third-order valence-electron chi connectivity index (χ3n) is 4.56. The number of carbonyl (C=O) groups excluding carboxylic acids is 1. The summed E-state index contributed by atoms with van der Waals surface area (Å²) in [4.78, 5) is 40.0. The van der Waals surface area contributed by atoms with E-state index >= 15 is 0 Å². The number of hydrogen-bond donors (Lipinski definition) is 2. The lowest BCUT2D eigenvalue weighted by Crippen LogP contribution is -2.40. The predicted molar refractivity (Wildman–Crippen MR) is 90.1 cm³/mol. The number of carboxylic acids is 1. The minimum absolute atomic E-state index is 0.125. The first kappa shape index (κ1) is 16.2. The minimum Gasteiger partial charge on any atom is -0.481 e. The van der Waals surface area contributed by atoms with Crippen LogP contribution in [-0.4, -0.2) is 40.0 Å². The number of benzene rings is 1. The molecule has 1 amide bonds. The first-order valence-electron chi connectivity index (χ1n) is 8.18. The molecule has 0 unspecified atom stereocenters. The molecule has 1 saturated heterocycles. The van der Waals surface area contributed by atoms with E-state index < -0.39 is 5.97 Å². The number of nitrogens with zero attached hydrogens (tertiary/aromatic N) is 1. The molecule has 0 saturated carbocycles. The summed E-state index contributed by atoms with van der Waals surface area (Å²) < 4.78 is 0. The van der Waals surface area contributed by atoms with Crippen LogP contribution in [-0.2, 0) is 4.79 Å². The molecule has 2 heterocycles. The van der Waals surface area contributed by atoms with Crippen LogP contribution < -0.4 is 5.56 Å². The number of fused-ring (bicyclic) bond motifs is 1. The summed E-state index contributed by atoms with van der Waals surface area (Å²) in [5.41, 5.74) is 0.0217. The van der Waals surface area contributed by atoms with E-state index in [4.69, 9.17) is 5.11 Å². The van der Waals surface area contributed by atoms with Crippen LogP contribution in [0.3, 0.4) is 0 Å². The monoisotopic (exact) mass is 328 g/mol. The van der Waals surface area contributed by atoms with E-state index in [0.29, 0.717) is 24.9 Å². The van der Waals surface area contributed by atoms with Crippen LogP contribution in [0.25, 0.3) is 10.8 Å². The minimum atomic E-state index is -0.808. The van der Waals surface area contributed by atoms with Crippen LogP contribution in [0.5, 0.6) is 0 Å². The Bertz CT molecular complexity index is 827. The Morgan fingerprint density at radius 2 is 2.08 bits per heavy atom. The predicted octanol–water partition coefficient (Wildman–Crippen LogP) is 2.25. The van der Waals surface area contributed by atoms with Crippen molar-refractivity contribution in [2.75, 3.05) is 13.1 Å². The molecule has 1 aliphatic heterocycles. The normalized spacial score (nSPS) is 17.8. The largest absolute Gasteiger partial charge is 0.481 e. The highest BCUT2D eigenvalue weighted by molar-refractivity contribution is 5.96. The summed E-state index contributed by atoms with van der Waals surface area (Å²) in [6.07, 6.45) is 2.49. The molecular weight excluding hydrogens is 308 g/mol. The zero-order valence-corrected chi connectivity index (χ0v) is 13.3. The van der Waals surface area contributed by atoms with Gasteiger partial charge in [-0.2, -0.15) is 0 Å². The molecular formula is C18H20N2O4. The molecule has 1 aliphatic rings. The molecule has 6 heteroatoms. The van der Waals surface area contributed by atoms with Crippen LogP contribution in [0.2, 0.25) is 0 Å². The van der Waals surface area contributed by atoms with E-state index in [1.165, 1.54) is 0 Å². The third kappa shape index (κ3) is 3.48. The van der Waals surface area contributed by atoms with Gasteiger partial charge in [-0.05, 0) is 42.7 Å². The van der Waals surface area contributed by atoms with Gasteiger partial charge in [-0.3, -0.25) is 14.4 Å². The van der Waals surface area contributed by atoms with E-state index in [9.17, 15) is 14.4 Å². The molecule has 1 fully saturated rings. The molecule has 126 valence electrons. The van der Waals surface area contributed by atoms with Gasteiger partial charge in [-0.1, -0.05) is 18.2 Å². The topological polar surface area (TPSA) is 90.5 Å². The zero-order valence-electron chi connectivity index (χ0n) is 13.3. The van der Waals surface area contributed by atoms with Gasteiger partial charge in [-0.15, -0.1) is 0 Å². The molecule has 1 atom stereocenters. The van der Waals surface area contributed by atoms with Gasteiger partial charge in [0.15, 0.2) is 0 Å². The number of amides is 1. The number of pyridine rings is 1. The summed E-state index contributed by atoms with van der Waals surface area (Å²) in [5.74, 6) is -0.804. The molecule has 2 N–H and O–H groups in total. The second-order valence-corrected chi connectivity index (χ2v) is 6.29. The summed E-state index contributed by atoms with van der Waals surface area (Å²) >= 11 is 0. The first-order chi connectivity index (χ1) is 11.5. The molecule has 2 aromatic rings. The standard InChI is InChI=1S/C18H20N2O4/c21-16(22)8-7-12-4-3-9-20(11-12)18(24)15-10-13-5-1-2-6-14(13)17(23)19-15/h1-2,5-6,10,12H,3-4,7-9,11H2,(H,19,23)(H,21,22)/t12-/m0/s1. The Labute approximate surface area is 139 Å². The summed E-state index contributed by atoms with van der Waals surface area (Å²) in [7, 11) is 0. The van der Waals surface area contributed by atoms with Gasteiger partial charge in [0.05, 0.1) is 0 Å². The Kier molecular flexibility index (Phi) is 4.64. The maximum Gasteiger partial charge on any atom is 0.303 e. The van der Waals surface area contributed by atoms with E-state index in [2.05, 4.69) is 4.98 Å². The number of aromatic nitrogens is 1. The Morgan fingerprint density at radius 3 is 2.88 bits per heavy atom. The van der Waals surface area contributed by atoms with Gasteiger partial charge in [0.1, 0.15) is 5.69 Å². The Balaban J connectivity index is 1.78. The number of hydrogen-bond acceptors (Lipinski definition) is 3. The van der Waals surface area contributed by atoms with Crippen molar-refractivity contribution in [3.63, 3.8) is 0 Å². The number of nitrogens with one attached hydrogen (secondary N) is 1. The average Bonchev–Trinajstić information content (AvgIpc) is 2.59. The van der Waals surface area contributed by atoms with Gasteiger partial charge in [0.2, 0.25) is 0 Å². The second-order valence-electron chi connectivity index (χ2n) is 6.29. The van der Waals surface area contributed by atoms with Crippen LogP contribution in [0, 0.1) is 5.92 Å². The number of aromatic amines is 1. The number of likely N-dealkylation sites (tertiary alicyclic amines) is 1. The Hall–Kier alpha value is -2.63. The molecule has 3 rings (SSSR count). The van der Waals surface area contributed by atoms with Crippen molar-refractivity contribution in [1.82, 2.24) is 9.88 Å². The van der Waals surface area contributed by atoms with Crippen molar-refractivity contribution in [2.45, 2.75) is 25.7 Å². The maximum atomic E-state index is 12.7. The zero-order chi connectivity index (χ0) is 17.1. The molecule has 1 aromatic heterocycles. The molecule has 0 spiro atoms. The SMILES string of the molecule is O=C(O)CC[C@@H]1CCCN(C(=O)c2cc3ccccc3c(=O)[nH]2)C1. The van der Waals surface area contributed by atoms with Crippen molar-refractivity contribution < 1.29 is 14.7 Å². The number of piperidine rings is 1. The lowest BCUT2D eigenvalue weighted by atomic mass is 9.93. The van der Waals surface area contributed by atoms with E-state index in [1.807, 2.05) is 12.1 Å². The number of aliphatic carboxylic acids is 1. The number of carboxylic acid groups (broad SMARTS) is 1. The van der Waals surface area contributed by atoms with E-state index in [1.54, 1.807) is 23.1 Å². The molecule has 6 nitrogen and oxygen atoms in total. The van der Waals surface area contributed by atoms with Crippen molar-refractivity contribution in [2.24, 2.45) is 5.92 Å². The van der Waals surface area contributed by atoms with Gasteiger partial charge >= 0.3 is 5.97 Å². The lowest BCUT2D eigenvalue weighted by molar-refractivity contribution is -0.137. The fourth-order valence-electron chi connectivity index (χ4n) is 3.31. The third-order valence-corrected chi connectivity index (χ3v) is 4.56. The molecule has 0 radical (unpaired) electrons. The van der Waals surface area contributed by atoms with Gasteiger partial charge in [-0.25, -0.2) is 0 Å². The van der Waals surface area contributed by atoms with Crippen LogP contribution in [0.1, 0.15) is 36.2 Å². The van der Waals surface area contributed by atoms with Gasteiger partial charge < -0.3 is 15.0 Å². The fraction of sp³-hybridized carbons (Fsp3) is 0.389. The number of H-pyrrole nitrogens is 1. The molecule has 0 aliphatic carbocycles. The fourth-order valence-corrected chi connectivity index (χ4v) is 3.31. The average molecular weight is 328 g/mol. The van der Waals surface area contributed by atoms with Crippen molar-refractivity contribution in [1.29, 1.82) is 0 Å². The number of rotatable bonds is 4. The second kappa shape index (κ2) is 6.86.